The molecule has 12 heavy (non-hydrogen) atoms. The van der Waals surface area contributed by atoms with Crippen LogP contribution in [0.5, 0.6) is 0 Å². The van der Waals surface area contributed by atoms with E-state index in [-0.39, 0.29) is 11.0 Å². The molecule has 0 aliphatic heterocycles. The van der Waals surface area contributed by atoms with Crippen molar-refractivity contribution in [2.75, 3.05) is 0 Å². The predicted octanol–water partition coefficient (Wildman–Crippen LogP) is 2.97. The molecular formula is C11H22O. The molecule has 0 aromatic rings. The number of aliphatic hydroxyl groups is 1. The Bertz CT molecular complexity index is 146. The summed E-state index contributed by atoms with van der Waals surface area (Å²) in [6.45, 7) is 8.92. The quantitative estimate of drug-likeness (QED) is 0.690. The first kappa shape index (κ1) is 10.0. The highest BCUT2D eigenvalue weighted by Gasteiger charge is 2.51. The summed E-state index contributed by atoms with van der Waals surface area (Å²) in [4.78, 5) is 0. The third kappa shape index (κ3) is 2.01. The van der Waals surface area contributed by atoms with Gasteiger partial charge in [-0.3, -0.25) is 0 Å². The second-order valence-electron chi connectivity index (χ2n) is 5.31. The number of hydrogen-bond acceptors (Lipinski definition) is 1. The van der Waals surface area contributed by atoms with Gasteiger partial charge in [0.15, 0.2) is 0 Å². The first-order valence-corrected chi connectivity index (χ1v) is 5.12. The molecule has 1 rings (SSSR count). The van der Waals surface area contributed by atoms with E-state index in [9.17, 15) is 5.11 Å². The molecule has 0 saturated heterocycles. The van der Waals surface area contributed by atoms with Crippen LogP contribution in [0.15, 0.2) is 0 Å². The molecule has 1 aliphatic rings. The lowest BCUT2D eigenvalue weighted by atomic mass is 9.73. The highest BCUT2D eigenvalue weighted by atomic mass is 16.3. The third-order valence-corrected chi connectivity index (χ3v) is 3.03. The average Bonchev–Trinajstić information content (AvgIpc) is 2.61. The van der Waals surface area contributed by atoms with Crippen LogP contribution in [0.1, 0.15) is 53.4 Å². The predicted molar refractivity (Wildman–Crippen MR) is 52.0 cm³/mol. The zero-order valence-corrected chi connectivity index (χ0v) is 8.85. The highest BCUT2D eigenvalue weighted by molar-refractivity contribution is 5.02. The summed E-state index contributed by atoms with van der Waals surface area (Å²) in [5.41, 5.74) is -0.0322. The maximum Gasteiger partial charge on any atom is 0.0683 e. The molecule has 0 aromatic heterocycles. The van der Waals surface area contributed by atoms with Gasteiger partial charge in [-0.15, -0.1) is 0 Å². The molecule has 72 valence electrons. The fraction of sp³-hybridized carbons (Fsp3) is 1.00. The van der Waals surface area contributed by atoms with Crippen LogP contribution in [0.4, 0.5) is 0 Å². The van der Waals surface area contributed by atoms with Crippen molar-refractivity contribution in [2.45, 2.75) is 59.0 Å². The van der Waals surface area contributed by atoms with Gasteiger partial charge >= 0.3 is 0 Å². The minimum Gasteiger partial charge on any atom is -0.390 e. The first-order chi connectivity index (χ1) is 5.40. The van der Waals surface area contributed by atoms with Crippen LogP contribution in [0.3, 0.4) is 0 Å². The fourth-order valence-electron chi connectivity index (χ4n) is 2.27. The molecule has 0 spiro atoms. The Hall–Kier alpha value is -0.0400. The molecule has 0 aromatic carbocycles. The molecule has 1 atom stereocenters. The SMILES string of the molecule is CCC[C@H](C(C)(C)C)C1(O)CC1. The van der Waals surface area contributed by atoms with E-state index >= 15 is 0 Å². The zero-order chi connectivity index (χ0) is 9.41. The van der Waals surface area contributed by atoms with Gasteiger partial charge < -0.3 is 5.11 Å². The number of rotatable bonds is 3. The van der Waals surface area contributed by atoms with Gasteiger partial charge in [-0.05, 0) is 30.6 Å². The van der Waals surface area contributed by atoms with Crippen molar-refractivity contribution in [3.8, 4) is 0 Å². The first-order valence-electron chi connectivity index (χ1n) is 5.12. The van der Waals surface area contributed by atoms with Crippen molar-refractivity contribution < 1.29 is 5.11 Å². The molecular weight excluding hydrogens is 148 g/mol. The minimum atomic E-state index is -0.297. The Morgan fingerprint density at radius 2 is 1.83 bits per heavy atom. The summed E-state index contributed by atoms with van der Waals surface area (Å²) in [5, 5.41) is 10.1. The van der Waals surface area contributed by atoms with Crippen molar-refractivity contribution in [1.82, 2.24) is 0 Å². The van der Waals surface area contributed by atoms with E-state index in [0.29, 0.717) is 5.92 Å². The van der Waals surface area contributed by atoms with Gasteiger partial charge in [0.05, 0.1) is 5.60 Å². The van der Waals surface area contributed by atoms with Crippen molar-refractivity contribution in [3.63, 3.8) is 0 Å². The van der Waals surface area contributed by atoms with Gasteiger partial charge in [0.1, 0.15) is 0 Å². The lowest BCUT2D eigenvalue weighted by Gasteiger charge is -2.34. The number of hydrogen-bond donors (Lipinski definition) is 1. The molecule has 1 heteroatoms. The van der Waals surface area contributed by atoms with E-state index in [0.717, 1.165) is 12.8 Å². The Morgan fingerprint density at radius 1 is 1.33 bits per heavy atom. The van der Waals surface area contributed by atoms with Crippen LogP contribution in [0.2, 0.25) is 0 Å². The van der Waals surface area contributed by atoms with Crippen molar-refractivity contribution in [1.29, 1.82) is 0 Å². The molecule has 0 bridgehead atoms. The van der Waals surface area contributed by atoms with Crippen LogP contribution in [-0.4, -0.2) is 10.7 Å². The molecule has 0 heterocycles. The average molecular weight is 170 g/mol. The summed E-state index contributed by atoms with van der Waals surface area (Å²) in [7, 11) is 0. The van der Waals surface area contributed by atoms with Crippen LogP contribution in [-0.2, 0) is 0 Å². The highest BCUT2D eigenvalue weighted by Crippen LogP contribution is 2.51. The van der Waals surface area contributed by atoms with E-state index in [1.807, 2.05) is 0 Å². The molecule has 1 saturated carbocycles. The molecule has 0 amide bonds. The maximum absolute atomic E-state index is 10.1. The Labute approximate surface area is 76.2 Å². The summed E-state index contributed by atoms with van der Waals surface area (Å²) < 4.78 is 0. The van der Waals surface area contributed by atoms with Gasteiger partial charge in [0.25, 0.3) is 0 Å². The van der Waals surface area contributed by atoms with Gasteiger partial charge in [-0.2, -0.15) is 0 Å². The van der Waals surface area contributed by atoms with Crippen LogP contribution < -0.4 is 0 Å². The van der Waals surface area contributed by atoms with Gasteiger partial charge in [-0.25, -0.2) is 0 Å². The third-order valence-electron chi connectivity index (χ3n) is 3.03. The van der Waals surface area contributed by atoms with Gasteiger partial charge in [0, 0.05) is 0 Å². The maximum atomic E-state index is 10.1. The lowest BCUT2D eigenvalue weighted by Crippen LogP contribution is -2.33. The van der Waals surface area contributed by atoms with E-state index in [4.69, 9.17) is 0 Å². The van der Waals surface area contributed by atoms with E-state index in [1.165, 1.54) is 12.8 Å². The molecule has 1 nitrogen and oxygen atoms in total. The topological polar surface area (TPSA) is 20.2 Å². The van der Waals surface area contributed by atoms with Crippen LogP contribution >= 0.6 is 0 Å². The van der Waals surface area contributed by atoms with Crippen LogP contribution in [0, 0.1) is 11.3 Å². The van der Waals surface area contributed by atoms with E-state index in [1.54, 1.807) is 0 Å². The van der Waals surface area contributed by atoms with Crippen molar-refractivity contribution in [2.24, 2.45) is 11.3 Å². The Kier molecular flexibility index (Phi) is 2.53. The smallest absolute Gasteiger partial charge is 0.0683 e. The van der Waals surface area contributed by atoms with Gasteiger partial charge in [-0.1, -0.05) is 34.1 Å². The minimum absolute atomic E-state index is 0.265. The lowest BCUT2D eigenvalue weighted by molar-refractivity contribution is 0.0150. The van der Waals surface area contributed by atoms with E-state index < -0.39 is 0 Å². The fourth-order valence-corrected chi connectivity index (χ4v) is 2.27. The molecule has 0 radical (unpaired) electrons. The van der Waals surface area contributed by atoms with Crippen LogP contribution in [0.25, 0.3) is 0 Å². The Morgan fingerprint density at radius 3 is 2.08 bits per heavy atom. The summed E-state index contributed by atoms with van der Waals surface area (Å²) in [5.74, 6) is 0.495. The summed E-state index contributed by atoms with van der Waals surface area (Å²) in [6, 6.07) is 0. The monoisotopic (exact) mass is 170 g/mol. The van der Waals surface area contributed by atoms with Crippen molar-refractivity contribution in [3.05, 3.63) is 0 Å². The summed E-state index contributed by atoms with van der Waals surface area (Å²) in [6.07, 6.45) is 4.40. The van der Waals surface area contributed by atoms with Gasteiger partial charge in [0.2, 0.25) is 0 Å². The second-order valence-corrected chi connectivity index (χ2v) is 5.31. The Balaban J connectivity index is 2.62. The second kappa shape index (κ2) is 3.02. The zero-order valence-electron chi connectivity index (χ0n) is 8.85. The molecule has 0 unspecified atom stereocenters. The van der Waals surface area contributed by atoms with E-state index in [2.05, 4.69) is 27.7 Å². The normalized spacial score (nSPS) is 23.8. The molecule has 1 N–H and O–H groups in total. The molecule has 1 fully saturated rings. The largest absolute Gasteiger partial charge is 0.390 e. The molecule has 1 aliphatic carbocycles. The summed E-state index contributed by atoms with van der Waals surface area (Å²) >= 11 is 0. The standard InChI is InChI=1S/C11H22O/c1-5-6-9(10(2,3)4)11(12)7-8-11/h9,12H,5-8H2,1-4H3/t9-/m1/s1. The van der Waals surface area contributed by atoms with Crippen molar-refractivity contribution >= 4 is 0 Å².